The molecule has 0 spiro atoms. The number of ether oxygens (including phenoxy) is 1. The summed E-state index contributed by atoms with van der Waals surface area (Å²) < 4.78 is 19.4. The Morgan fingerprint density at radius 3 is 3.05 bits per heavy atom. The summed E-state index contributed by atoms with van der Waals surface area (Å²) in [4.78, 5) is 0. The average molecular weight is 283 g/mol. The molecule has 106 valence electrons. The van der Waals surface area contributed by atoms with Gasteiger partial charge in [0.2, 0.25) is 0 Å². The normalized spacial score (nSPS) is 21.3. The summed E-state index contributed by atoms with van der Waals surface area (Å²) in [7, 11) is 0. The van der Waals surface area contributed by atoms with Crippen molar-refractivity contribution in [1.29, 1.82) is 0 Å². The number of thioether (sulfide) groups is 1. The van der Waals surface area contributed by atoms with Gasteiger partial charge in [-0.05, 0) is 43.1 Å². The van der Waals surface area contributed by atoms with E-state index in [1.807, 2.05) is 24.8 Å². The lowest BCUT2D eigenvalue weighted by Crippen LogP contribution is -2.39. The van der Waals surface area contributed by atoms with Gasteiger partial charge in [-0.1, -0.05) is 13.0 Å². The fourth-order valence-corrected chi connectivity index (χ4v) is 3.29. The Hall–Kier alpha value is -0.580. The Morgan fingerprint density at radius 1 is 1.53 bits per heavy atom. The molecule has 1 heterocycles. The van der Waals surface area contributed by atoms with Crippen LogP contribution < -0.4 is 5.32 Å². The lowest BCUT2D eigenvalue weighted by Gasteiger charge is -2.32. The zero-order valence-electron chi connectivity index (χ0n) is 11.6. The maximum absolute atomic E-state index is 13.5. The molecule has 2 unspecified atom stereocenters. The first kappa shape index (κ1) is 14.8. The molecule has 0 amide bonds. The van der Waals surface area contributed by atoms with Crippen molar-refractivity contribution >= 4 is 11.8 Å². The van der Waals surface area contributed by atoms with Crippen LogP contribution in [-0.4, -0.2) is 30.8 Å². The number of hydrogen-bond acceptors (Lipinski definition) is 3. The van der Waals surface area contributed by atoms with Crippen LogP contribution in [0.25, 0.3) is 0 Å². The zero-order valence-corrected chi connectivity index (χ0v) is 12.4. The second-order valence-corrected chi connectivity index (χ2v) is 6.07. The van der Waals surface area contributed by atoms with E-state index in [0.29, 0.717) is 0 Å². The molecule has 1 aliphatic rings. The monoisotopic (exact) mass is 283 g/mol. The summed E-state index contributed by atoms with van der Waals surface area (Å²) in [5, 5.41) is 3.52. The summed E-state index contributed by atoms with van der Waals surface area (Å²) in [5.74, 6) is 1.85. The predicted molar refractivity (Wildman–Crippen MR) is 79.2 cm³/mol. The van der Waals surface area contributed by atoms with Crippen LogP contribution in [0.2, 0.25) is 0 Å². The molecule has 0 aliphatic carbocycles. The lowest BCUT2D eigenvalue weighted by molar-refractivity contribution is 0.0466. The van der Waals surface area contributed by atoms with E-state index >= 15 is 0 Å². The summed E-state index contributed by atoms with van der Waals surface area (Å²) >= 11 is 1.91. The van der Waals surface area contributed by atoms with Crippen LogP contribution in [0.15, 0.2) is 18.2 Å². The smallest absolute Gasteiger partial charge is 0.123 e. The van der Waals surface area contributed by atoms with Crippen molar-refractivity contribution in [2.24, 2.45) is 0 Å². The molecule has 1 aliphatic heterocycles. The van der Waals surface area contributed by atoms with Gasteiger partial charge in [-0.2, -0.15) is 11.8 Å². The second-order valence-electron chi connectivity index (χ2n) is 4.92. The van der Waals surface area contributed by atoms with Crippen LogP contribution in [0.4, 0.5) is 4.39 Å². The summed E-state index contributed by atoms with van der Waals surface area (Å²) in [6, 6.07) is 5.10. The minimum Gasteiger partial charge on any atom is -0.375 e. The molecule has 0 radical (unpaired) electrons. The maximum Gasteiger partial charge on any atom is 0.123 e. The first-order valence-electron chi connectivity index (χ1n) is 6.91. The number of rotatable bonds is 5. The quantitative estimate of drug-likeness (QED) is 0.896. The van der Waals surface area contributed by atoms with Crippen LogP contribution in [0.3, 0.4) is 0 Å². The van der Waals surface area contributed by atoms with Gasteiger partial charge in [-0.15, -0.1) is 0 Å². The van der Waals surface area contributed by atoms with E-state index in [9.17, 15) is 4.39 Å². The summed E-state index contributed by atoms with van der Waals surface area (Å²) in [6.45, 7) is 5.88. The van der Waals surface area contributed by atoms with Crippen LogP contribution in [-0.2, 0) is 4.74 Å². The highest BCUT2D eigenvalue weighted by atomic mass is 32.2. The number of hydrogen-bond donors (Lipinski definition) is 1. The molecule has 2 nitrogen and oxygen atoms in total. The Labute approximate surface area is 119 Å². The fraction of sp³-hybridized carbons (Fsp3) is 0.600. The van der Waals surface area contributed by atoms with Gasteiger partial charge < -0.3 is 10.1 Å². The van der Waals surface area contributed by atoms with Crippen molar-refractivity contribution in [3.05, 3.63) is 35.1 Å². The van der Waals surface area contributed by atoms with Gasteiger partial charge >= 0.3 is 0 Å². The molecular weight excluding hydrogens is 261 g/mol. The van der Waals surface area contributed by atoms with Gasteiger partial charge in [0.1, 0.15) is 5.82 Å². The third-order valence-corrected chi connectivity index (χ3v) is 4.42. The zero-order chi connectivity index (χ0) is 13.7. The van der Waals surface area contributed by atoms with Crippen LogP contribution in [0.5, 0.6) is 0 Å². The molecule has 19 heavy (non-hydrogen) atoms. The third kappa shape index (κ3) is 3.94. The van der Waals surface area contributed by atoms with Gasteiger partial charge in [0.25, 0.3) is 0 Å². The topological polar surface area (TPSA) is 21.3 Å². The van der Waals surface area contributed by atoms with Crippen LogP contribution in [0.1, 0.15) is 30.5 Å². The second kappa shape index (κ2) is 7.27. The van der Waals surface area contributed by atoms with Crippen molar-refractivity contribution in [3.63, 3.8) is 0 Å². The van der Waals surface area contributed by atoms with Gasteiger partial charge in [-0.25, -0.2) is 4.39 Å². The average Bonchev–Trinajstić information content (AvgIpc) is 2.44. The first-order valence-corrected chi connectivity index (χ1v) is 8.06. The van der Waals surface area contributed by atoms with E-state index < -0.39 is 0 Å². The molecule has 0 aromatic heterocycles. The van der Waals surface area contributed by atoms with E-state index in [1.165, 1.54) is 6.07 Å². The van der Waals surface area contributed by atoms with Gasteiger partial charge in [0.15, 0.2) is 0 Å². The molecule has 0 saturated carbocycles. The maximum atomic E-state index is 13.5. The van der Waals surface area contributed by atoms with Crippen molar-refractivity contribution in [2.45, 2.75) is 32.4 Å². The Balaban J connectivity index is 2.22. The van der Waals surface area contributed by atoms with Crippen molar-refractivity contribution in [3.8, 4) is 0 Å². The van der Waals surface area contributed by atoms with E-state index in [1.54, 1.807) is 6.07 Å². The minimum atomic E-state index is -0.174. The van der Waals surface area contributed by atoms with Crippen LogP contribution >= 0.6 is 11.8 Å². The van der Waals surface area contributed by atoms with E-state index in [-0.39, 0.29) is 18.0 Å². The Morgan fingerprint density at radius 2 is 2.37 bits per heavy atom. The van der Waals surface area contributed by atoms with E-state index in [2.05, 4.69) is 12.2 Å². The Bertz CT molecular complexity index is 407. The minimum absolute atomic E-state index is 0.0865. The highest BCUT2D eigenvalue weighted by Crippen LogP contribution is 2.28. The van der Waals surface area contributed by atoms with Gasteiger partial charge in [-0.3, -0.25) is 0 Å². The standard InChI is InChI=1S/C15H22FNOS/c1-3-6-17-15(14-10-19-8-7-18-14)13-9-12(16)5-4-11(13)2/h4-5,9,14-15,17H,3,6-8,10H2,1-2H3. The third-order valence-electron chi connectivity index (χ3n) is 3.40. The molecule has 1 aromatic rings. The fourth-order valence-electron chi connectivity index (χ4n) is 2.39. The summed E-state index contributed by atoms with van der Waals surface area (Å²) in [6.07, 6.45) is 1.19. The molecule has 1 fully saturated rings. The molecule has 4 heteroatoms. The number of benzene rings is 1. The molecule has 2 atom stereocenters. The van der Waals surface area contributed by atoms with Gasteiger partial charge in [0, 0.05) is 11.5 Å². The van der Waals surface area contributed by atoms with Crippen molar-refractivity contribution in [2.75, 3.05) is 24.7 Å². The molecule has 1 aromatic carbocycles. The van der Waals surface area contributed by atoms with E-state index in [0.717, 1.165) is 42.2 Å². The summed E-state index contributed by atoms with van der Waals surface area (Å²) in [5.41, 5.74) is 2.15. The number of nitrogens with one attached hydrogen (secondary N) is 1. The predicted octanol–water partition coefficient (Wildman–Crippen LogP) is 3.31. The van der Waals surface area contributed by atoms with Gasteiger partial charge in [0.05, 0.1) is 18.8 Å². The molecule has 2 rings (SSSR count). The molecular formula is C15H22FNOS. The largest absolute Gasteiger partial charge is 0.375 e. The number of halogens is 1. The first-order chi connectivity index (χ1) is 9.22. The lowest BCUT2D eigenvalue weighted by atomic mass is 9.97. The van der Waals surface area contributed by atoms with E-state index in [4.69, 9.17) is 4.74 Å². The highest BCUT2D eigenvalue weighted by Gasteiger charge is 2.27. The van der Waals surface area contributed by atoms with Crippen molar-refractivity contribution < 1.29 is 9.13 Å². The molecule has 1 N–H and O–H groups in total. The van der Waals surface area contributed by atoms with Crippen LogP contribution in [0, 0.1) is 12.7 Å². The number of aryl methyl sites for hydroxylation is 1. The van der Waals surface area contributed by atoms with Crippen molar-refractivity contribution in [1.82, 2.24) is 5.32 Å². The highest BCUT2D eigenvalue weighted by molar-refractivity contribution is 7.99. The molecule has 0 bridgehead atoms. The molecule has 1 saturated heterocycles. The SMILES string of the molecule is CCCNC(c1cc(F)ccc1C)C1CSCCO1. The Kier molecular flexibility index (Phi) is 5.67.